The van der Waals surface area contributed by atoms with Gasteiger partial charge in [-0.3, -0.25) is 65.3 Å². The van der Waals surface area contributed by atoms with Gasteiger partial charge in [-0.05, 0) is 62.3 Å². The SMILES string of the molecule is CC#CCOc1nc2nc(N3CCNCC3)n(CC#CC)c2c(=O)n1C.CC#CCn1c(N2CCNCC2)nc2nc(OC(C)C)n(C)c(=O)c21.CC#CCn1c(N2CCNCC2)nc2nc(SC(C)C(=O)OCC)n(C)c(=O)c21.CC#CCn1c(N2CCNCC2)nc2nc(SCC(=O)OC)n(C)c(=O)c21.O=C(O)C(F)(F)F.O=C(O)C(F)(F)F.O=C(O)C(F)(F)F.O=C(O)C(F)(F)F. The Morgan fingerprint density at radius 1 is 0.415 bits per heavy atom. The Labute approximate surface area is 769 Å². The van der Waals surface area contributed by atoms with Gasteiger partial charge >= 0.3 is 72.5 Å². The summed E-state index contributed by atoms with van der Waals surface area (Å²) in [5, 5.41) is 42.1. The monoisotopic (exact) mass is 1960 g/mol. The topological polar surface area (TPSA) is 492 Å². The number of carboxylic acid groups (broad SMARTS) is 4. The van der Waals surface area contributed by atoms with Crippen molar-refractivity contribution in [1.29, 1.82) is 0 Å². The number of carbonyl (C=O) groups is 6. The second-order valence-electron chi connectivity index (χ2n) is 27.8. The number of anilines is 4. The van der Waals surface area contributed by atoms with Crippen molar-refractivity contribution >= 4 is 128 Å². The number of imidazole rings is 4. The first-order valence-electron chi connectivity index (χ1n) is 40.2. The molecule has 0 aromatic carbocycles. The first kappa shape index (κ1) is 112. The quantitative estimate of drug-likeness (QED) is 0.0189. The van der Waals surface area contributed by atoms with E-state index in [1.165, 1.54) is 37.1 Å². The van der Waals surface area contributed by atoms with Gasteiger partial charge in [-0.1, -0.05) is 53.1 Å². The van der Waals surface area contributed by atoms with Crippen LogP contribution in [0.1, 0.15) is 62.3 Å². The van der Waals surface area contributed by atoms with Crippen LogP contribution in [0, 0.1) is 59.2 Å². The molecule has 12 rings (SSSR count). The highest BCUT2D eigenvalue weighted by atomic mass is 32.2. The smallest absolute Gasteiger partial charge is 0.475 e. The van der Waals surface area contributed by atoms with Gasteiger partial charge in [0.1, 0.15) is 5.25 Å². The van der Waals surface area contributed by atoms with E-state index in [0.29, 0.717) is 99.7 Å². The number of aliphatic carboxylic acids is 4. The van der Waals surface area contributed by atoms with Crippen LogP contribution >= 0.6 is 23.5 Å². The molecule has 8 aromatic rings. The molecule has 4 saturated heterocycles. The fourth-order valence-electron chi connectivity index (χ4n) is 11.7. The van der Waals surface area contributed by atoms with Gasteiger partial charge in [-0.25, -0.2) is 29.1 Å². The number of carbonyl (C=O) groups excluding carboxylic acids is 2. The van der Waals surface area contributed by atoms with E-state index in [-0.39, 0.29) is 64.7 Å². The molecule has 0 radical (unpaired) electrons. The fourth-order valence-corrected chi connectivity index (χ4v) is 13.3. The van der Waals surface area contributed by atoms with Crippen LogP contribution in [0.3, 0.4) is 0 Å². The van der Waals surface area contributed by atoms with Crippen LogP contribution in [0.5, 0.6) is 12.0 Å². The molecule has 8 N–H and O–H groups in total. The molecular formula is C79H98F12N24O18S2. The average molecular weight is 1960 g/mol. The van der Waals surface area contributed by atoms with Crippen molar-refractivity contribution in [2.75, 3.05) is 150 Å². The number of hydrogen-bond donors (Lipinski definition) is 8. The lowest BCUT2D eigenvalue weighted by atomic mass is 10.4. The third-order valence-corrected chi connectivity index (χ3v) is 20.3. The molecule has 135 heavy (non-hydrogen) atoms. The number of esters is 2. The number of rotatable bonds is 19. The second kappa shape index (κ2) is 52.3. The molecule has 0 spiro atoms. The van der Waals surface area contributed by atoms with E-state index in [1.807, 2.05) is 32.1 Å². The van der Waals surface area contributed by atoms with Crippen molar-refractivity contribution in [2.24, 2.45) is 28.2 Å². The van der Waals surface area contributed by atoms with Gasteiger partial charge in [0.25, 0.3) is 22.2 Å². The molecule has 4 fully saturated rings. The molecule has 0 bridgehead atoms. The number of nitrogens with one attached hydrogen (secondary N) is 4. The lowest BCUT2D eigenvalue weighted by molar-refractivity contribution is -0.193. The zero-order valence-corrected chi connectivity index (χ0v) is 76.9. The Kier molecular flexibility index (Phi) is 43.4. The predicted molar refractivity (Wildman–Crippen MR) is 469 cm³/mol. The molecule has 4 aliphatic heterocycles. The largest absolute Gasteiger partial charge is 0.490 e. The minimum Gasteiger partial charge on any atom is -0.475 e. The Bertz CT molecular complexity index is 5980. The summed E-state index contributed by atoms with van der Waals surface area (Å²) in [5.74, 6) is 20.4. The highest BCUT2D eigenvalue weighted by molar-refractivity contribution is 8.00. The standard InChI is InChI=1S/C19H26N6O3S.C18H22N6O2.C17H22N6O3S.C17H24N6O2.4C2HF3O2/c1-5-7-10-25-14-15(21-18(25)24-11-8-20-9-12-24)22-19(23(4)16(14)26)29-13(3)17(27)28-6-2;1-4-6-10-24-14-15(20-17(24)23-11-8-19-9-12-23)21-18(22(3)16(14)25)26-13-7-5-2;1-4-5-8-23-13-14(19-16(23)22-9-6-18-7-10-22)20-17(21(2)15(13)25)27-11-12(24)26-3;1-5-6-9-23-13-14(19-16(23)22-10-7-18-8-11-22)20-17(25-12(2)3)21(4)15(13)24;4*3-2(4,5)1(6)7/h13,20H,6,8-12H2,1-4H3;19H,8-13H2,1-3H3;18H,6-11H2,1-3H3;12,18H,7-11H2,1-4H3;4*(H,6,7). The molecule has 42 nitrogen and oxygen atoms in total. The first-order valence-corrected chi connectivity index (χ1v) is 42.1. The lowest BCUT2D eigenvalue weighted by Gasteiger charge is -2.28. The maximum atomic E-state index is 13.2. The second-order valence-corrected chi connectivity index (χ2v) is 30.1. The third-order valence-electron chi connectivity index (χ3n) is 18.2. The molecule has 8 aromatic heterocycles. The average Bonchev–Trinajstić information content (AvgIpc) is 1.63. The first-order chi connectivity index (χ1) is 63.5. The van der Waals surface area contributed by atoms with Crippen molar-refractivity contribution < 1.29 is 121 Å². The summed E-state index contributed by atoms with van der Waals surface area (Å²) < 4.78 is 161. The molecular weight excluding hydrogens is 1870 g/mol. The number of hydrogen-bond acceptors (Lipinski definition) is 32. The van der Waals surface area contributed by atoms with E-state index >= 15 is 0 Å². The number of nitrogens with zero attached hydrogens (tertiary/aromatic N) is 20. The Hall–Kier alpha value is -13.5. The number of aromatic nitrogens is 16. The van der Waals surface area contributed by atoms with Crippen molar-refractivity contribution in [3.05, 3.63) is 41.4 Å². The normalized spacial score (nSPS) is 13.8. The van der Waals surface area contributed by atoms with Crippen molar-refractivity contribution in [1.82, 2.24) is 97.7 Å². The van der Waals surface area contributed by atoms with Crippen LogP contribution in [0.15, 0.2) is 29.5 Å². The summed E-state index contributed by atoms with van der Waals surface area (Å²) in [4.78, 5) is 156. The molecule has 0 aliphatic carbocycles. The maximum absolute atomic E-state index is 13.2. The number of halogens is 12. The van der Waals surface area contributed by atoms with E-state index in [1.54, 1.807) is 76.7 Å². The van der Waals surface area contributed by atoms with Gasteiger partial charge < -0.3 is 80.2 Å². The molecule has 1 atom stereocenters. The summed E-state index contributed by atoms with van der Waals surface area (Å²) in [7, 11) is 7.93. The lowest BCUT2D eigenvalue weighted by Crippen LogP contribution is -2.44. The van der Waals surface area contributed by atoms with Crippen molar-refractivity contribution in [2.45, 2.75) is 135 Å². The summed E-state index contributed by atoms with van der Waals surface area (Å²) in [5.41, 5.74) is 2.49. The zero-order chi connectivity index (χ0) is 101. The van der Waals surface area contributed by atoms with Gasteiger partial charge in [-0.2, -0.15) is 82.6 Å². The van der Waals surface area contributed by atoms with E-state index in [0.717, 1.165) is 128 Å². The number of alkyl halides is 12. The van der Waals surface area contributed by atoms with Gasteiger partial charge in [0.2, 0.25) is 23.8 Å². The fraction of sp³-hybridized carbons (Fsp3) is 0.544. The Morgan fingerprint density at radius 2 is 0.681 bits per heavy atom. The van der Waals surface area contributed by atoms with Crippen LogP contribution in [-0.4, -0.2) is 300 Å². The molecule has 12 heterocycles. The minimum atomic E-state index is -5.08. The number of fused-ring (bicyclic) bond motifs is 4. The van der Waals surface area contributed by atoms with E-state index in [4.69, 9.17) is 53.8 Å². The highest BCUT2D eigenvalue weighted by Gasteiger charge is 2.41. The number of thioether (sulfide) groups is 2. The van der Waals surface area contributed by atoms with Gasteiger partial charge in [0.15, 0.2) is 61.6 Å². The maximum Gasteiger partial charge on any atom is 0.490 e. The van der Waals surface area contributed by atoms with Crippen LogP contribution in [0.25, 0.3) is 44.7 Å². The Morgan fingerprint density at radius 3 is 0.956 bits per heavy atom. The zero-order valence-electron chi connectivity index (χ0n) is 75.2. The van der Waals surface area contributed by atoms with E-state index in [2.05, 4.69) is 145 Å². The molecule has 0 saturated carbocycles. The highest BCUT2D eigenvalue weighted by Crippen LogP contribution is 2.29. The molecule has 1 unspecified atom stereocenters. The number of methoxy groups -OCH3 is 1. The van der Waals surface area contributed by atoms with E-state index < -0.39 is 53.8 Å². The van der Waals surface area contributed by atoms with Crippen LogP contribution in [-0.2, 0) is 92.6 Å². The number of ether oxygens (including phenoxy) is 4. The van der Waals surface area contributed by atoms with Crippen LogP contribution < -0.4 is 72.6 Å². The summed E-state index contributed by atoms with van der Waals surface area (Å²) in [6.45, 7) is 31.6. The van der Waals surface area contributed by atoms with Gasteiger partial charge in [-0.15, -0.1) is 29.6 Å². The van der Waals surface area contributed by atoms with Crippen LogP contribution in [0.4, 0.5) is 76.5 Å². The summed E-state index contributed by atoms with van der Waals surface area (Å²) in [6, 6.07) is 0.494. The molecule has 56 heteroatoms. The number of piperazine rings is 4. The summed E-state index contributed by atoms with van der Waals surface area (Å²) >= 11 is 2.35. The summed E-state index contributed by atoms with van der Waals surface area (Å²) in [6.07, 6.45) is -20.4. The van der Waals surface area contributed by atoms with Crippen molar-refractivity contribution in [3.63, 3.8) is 0 Å². The Balaban J connectivity index is 0.000000290. The number of carboxylic acids is 4. The van der Waals surface area contributed by atoms with Crippen molar-refractivity contribution in [3.8, 4) is 71.2 Å². The molecule has 4 aliphatic rings. The van der Waals surface area contributed by atoms with Crippen LogP contribution in [0.2, 0.25) is 0 Å². The molecule has 0 amide bonds. The van der Waals surface area contributed by atoms with Gasteiger partial charge in [0.05, 0.1) is 51.8 Å². The van der Waals surface area contributed by atoms with Gasteiger partial charge in [0, 0.05) is 133 Å². The third kappa shape index (κ3) is 32.1. The predicted octanol–water partition coefficient (Wildman–Crippen LogP) is 3.28. The molecule has 738 valence electrons. The minimum absolute atomic E-state index is 0.0729. The van der Waals surface area contributed by atoms with E-state index in [9.17, 15) is 81.5 Å².